The first-order valence-corrected chi connectivity index (χ1v) is 8.55. The van der Waals surface area contributed by atoms with Gasteiger partial charge < -0.3 is 11.1 Å². The second-order valence-corrected chi connectivity index (χ2v) is 7.44. The average Bonchev–Trinajstić information content (AvgIpc) is 3.28. The first-order chi connectivity index (χ1) is 9.51. The van der Waals surface area contributed by atoms with Crippen molar-refractivity contribution >= 4 is 10.0 Å². The maximum atomic E-state index is 11.7. The van der Waals surface area contributed by atoms with Gasteiger partial charge >= 0.3 is 0 Å². The van der Waals surface area contributed by atoms with Crippen molar-refractivity contribution in [1.82, 2.24) is 10.0 Å². The number of hydrogen-bond acceptors (Lipinski definition) is 4. The summed E-state index contributed by atoms with van der Waals surface area (Å²) in [5.41, 5.74) is 7.83. The number of rotatable bonds is 8. The van der Waals surface area contributed by atoms with Crippen LogP contribution in [0.25, 0.3) is 0 Å². The number of nitrogens with two attached hydrogens (primary N) is 1. The number of sulfonamides is 1. The van der Waals surface area contributed by atoms with E-state index in [0.717, 1.165) is 24.9 Å². The molecule has 1 atom stereocenters. The van der Waals surface area contributed by atoms with Gasteiger partial charge in [-0.2, -0.15) is 0 Å². The molecule has 0 aliphatic heterocycles. The van der Waals surface area contributed by atoms with Crippen LogP contribution < -0.4 is 15.8 Å². The van der Waals surface area contributed by atoms with Crippen LogP contribution in [0.5, 0.6) is 0 Å². The maximum Gasteiger partial charge on any atom is 0.214 e. The van der Waals surface area contributed by atoms with Gasteiger partial charge in [-0.1, -0.05) is 24.3 Å². The molecule has 5 nitrogen and oxygen atoms in total. The lowest BCUT2D eigenvalue weighted by molar-refractivity contribution is 0.524. The number of benzene rings is 1. The fourth-order valence-electron chi connectivity index (χ4n) is 1.89. The Bertz CT molecular complexity index is 524. The normalized spacial score (nSPS) is 17.1. The third-order valence-corrected chi connectivity index (χ3v) is 5.39. The SMILES string of the molecule is C[C@@H](CNS(=O)(=O)C1CC1)NCc1ccc(CN)cc1. The van der Waals surface area contributed by atoms with Gasteiger partial charge in [0.2, 0.25) is 10.0 Å². The monoisotopic (exact) mass is 297 g/mol. The van der Waals surface area contributed by atoms with Crippen molar-refractivity contribution in [2.45, 2.75) is 44.1 Å². The molecule has 0 spiro atoms. The molecule has 1 aromatic rings. The predicted molar refractivity (Wildman–Crippen MR) is 80.6 cm³/mol. The van der Waals surface area contributed by atoms with Gasteiger partial charge in [-0.15, -0.1) is 0 Å². The van der Waals surface area contributed by atoms with Gasteiger partial charge in [0.15, 0.2) is 0 Å². The Labute approximate surface area is 121 Å². The first kappa shape index (κ1) is 15.4. The molecule has 0 amide bonds. The van der Waals surface area contributed by atoms with Crippen molar-refractivity contribution in [3.8, 4) is 0 Å². The highest BCUT2D eigenvalue weighted by Crippen LogP contribution is 2.27. The molecule has 6 heteroatoms. The number of hydrogen-bond donors (Lipinski definition) is 3. The lowest BCUT2D eigenvalue weighted by atomic mass is 10.1. The van der Waals surface area contributed by atoms with E-state index in [2.05, 4.69) is 10.0 Å². The van der Waals surface area contributed by atoms with Gasteiger partial charge in [0.25, 0.3) is 0 Å². The standard InChI is InChI=1S/C14H23N3O2S/c1-11(9-17-20(18,19)14-6-7-14)16-10-13-4-2-12(8-15)3-5-13/h2-5,11,14,16-17H,6-10,15H2,1H3/t11-/m0/s1. The largest absolute Gasteiger partial charge is 0.326 e. The summed E-state index contributed by atoms with van der Waals surface area (Å²) in [7, 11) is -3.08. The Balaban J connectivity index is 1.72. The van der Waals surface area contributed by atoms with E-state index >= 15 is 0 Å². The molecule has 1 aliphatic carbocycles. The fraction of sp³-hybridized carbons (Fsp3) is 0.571. The van der Waals surface area contributed by atoms with Crippen LogP contribution in [0.4, 0.5) is 0 Å². The van der Waals surface area contributed by atoms with E-state index < -0.39 is 10.0 Å². The third kappa shape index (κ3) is 4.56. The van der Waals surface area contributed by atoms with Crippen LogP contribution in [-0.2, 0) is 23.1 Å². The van der Waals surface area contributed by atoms with E-state index in [-0.39, 0.29) is 11.3 Å². The molecule has 112 valence electrons. The van der Waals surface area contributed by atoms with Gasteiger partial charge in [-0.3, -0.25) is 0 Å². The summed E-state index contributed by atoms with van der Waals surface area (Å²) in [6.07, 6.45) is 1.59. The Kier molecular flexibility index (Phi) is 5.15. The Hall–Kier alpha value is -0.950. The third-order valence-electron chi connectivity index (χ3n) is 3.47. The van der Waals surface area contributed by atoms with E-state index in [1.165, 1.54) is 5.56 Å². The zero-order chi connectivity index (χ0) is 14.6. The second-order valence-electron chi connectivity index (χ2n) is 5.40. The summed E-state index contributed by atoms with van der Waals surface area (Å²) >= 11 is 0. The summed E-state index contributed by atoms with van der Waals surface area (Å²) in [5.74, 6) is 0. The lowest BCUT2D eigenvalue weighted by Crippen LogP contribution is -2.39. The van der Waals surface area contributed by atoms with E-state index in [0.29, 0.717) is 13.1 Å². The Morgan fingerprint density at radius 2 is 1.85 bits per heavy atom. The highest BCUT2D eigenvalue weighted by molar-refractivity contribution is 7.90. The topological polar surface area (TPSA) is 84.2 Å². The van der Waals surface area contributed by atoms with Gasteiger partial charge in [0.05, 0.1) is 5.25 Å². The van der Waals surface area contributed by atoms with Crippen molar-refractivity contribution in [2.75, 3.05) is 6.54 Å². The minimum atomic E-state index is -3.08. The minimum Gasteiger partial charge on any atom is -0.326 e. The van der Waals surface area contributed by atoms with E-state index in [1.54, 1.807) is 0 Å². The van der Waals surface area contributed by atoms with Crippen LogP contribution in [0, 0.1) is 0 Å². The fourth-order valence-corrected chi connectivity index (χ4v) is 3.37. The van der Waals surface area contributed by atoms with Gasteiger partial charge in [0, 0.05) is 25.7 Å². The molecule has 0 saturated heterocycles. The van der Waals surface area contributed by atoms with Gasteiger partial charge in [-0.25, -0.2) is 13.1 Å². The molecule has 0 aromatic heterocycles. The summed E-state index contributed by atoms with van der Waals surface area (Å²) in [5, 5.41) is 3.16. The first-order valence-electron chi connectivity index (χ1n) is 7.01. The van der Waals surface area contributed by atoms with Crippen molar-refractivity contribution in [2.24, 2.45) is 5.73 Å². The van der Waals surface area contributed by atoms with Crippen LogP contribution in [0.3, 0.4) is 0 Å². The lowest BCUT2D eigenvalue weighted by Gasteiger charge is -2.15. The van der Waals surface area contributed by atoms with E-state index in [4.69, 9.17) is 5.73 Å². The van der Waals surface area contributed by atoms with Crippen molar-refractivity contribution in [1.29, 1.82) is 0 Å². The molecule has 0 unspecified atom stereocenters. The summed E-state index contributed by atoms with van der Waals surface area (Å²) in [4.78, 5) is 0. The smallest absolute Gasteiger partial charge is 0.214 e. The maximum absolute atomic E-state index is 11.7. The molecule has 4 N–H and O–H groups in total. The summed E-state index contributed by atoms with van der Waals surface area (Å²) in [6.45, 7) is 3.67. The zero-order valence-corrected chi connectivity index (χ0v) is 12.6. The molecule has 0 bridgehead atoms. The average molecular weight is 297 g/mol. The van der Waals surface area contributed by atoms with Crippen molar-refractivity contribution in [3.05, 3.63) is 35.4 Å². The Morgan fingerprint density at radius 1 is 1.25 bits per heavy atom. The van der Waals surface area contributed by atoms with Crippen molar-refractivity contribution < 1.29 is 8.42 Å². The van der Waals surface area contributed by atoms with Gasteiger partial charge in [0.1, 0.15) is 0 Å². The second kappa shape index (κ2) is 6.67. The molecule has 1 aromatic carbocycles. The molecule has 1 saturated carbocycles. The van der Waals surface area contributed by atoms with Crippen LogP contribution in [0.2, 0.25) is 0 Å². The molecule has 2 rings (SSSR count). The van der Waals surface area contributed by atoms with Crippen LogP contribution in [0.1, 0.15) is 30.9 Å². The predicted octanol–water partition coefficient (Wildman–Crippen LogP) is 0.705. The molecular weight excluding hydrogens is 274 g/mol. The molecule has 0 heterocycles. The van der Waals surface area contributed by atoms with Crippen LogP contribution >= 0.6 is 0 Å². The molecular formula is C14H23N3O2S. The van der Waals surface area contributed by atoms with E-state index in [9.17, 15) is 8.42 Å². The summed E-state index contributed by atoms with van der Waals surface area (Å²) in [6, 6.07) is 8.19. The Morgan fingerprint density at radius 3 is 2.40 bits per heavy atom. The van der Waals surface area contributed by atoms with Crippen molar-refractivity contribution in [3.63, 3.8) is 0 Å². The molecule has 20 heavy (non-hydrogen) atoms. The molecule has 1 fully saturated rings. The zero-order valence-electron chi connectivity index (χ0n) is 11.8. The highest BCUT2D eigenvalue weighted by atomic mass is 32.2. The minimum absolute atomic E-state index is 0.0951. The highest BCUT2D eigenvalue weighted by Gasteiger charge is 2.35. The van der Waals surface area contributed by atoms with Gasteiger partial charge in [-0.05, 0) is 30.9 Å². The quantitative estimate of drug-likeness (QED) is 0.659. The van der Waals surface area contributed by atoms with Crippen LogP contribution in [-0.4, -0.2) is 26.3 Å². The van der Waals surface area contributed by atoms with Crippen LogP contribution in [0.15, 0.2) is 24.3 Å². The number of nitrogens with one attached hydrogen (secondary N) is 2. The molecule has 1 aliphatic rings. The molecule has 0 radical (unpaired) electrons. The van der Waals surface area contributed by atoms with E-state index in [1.807, 2.05) is 31.2 Å². The summed E-state index contributed by atoms with van der Waals surface area (Å²) < 4.78 is 26.1.